The van der Waals surface area contributed by atoms with Crippen molar-refractivity contribution in [2.45, 2.75) is 19.3 Å². The number of benzene rings is 7. The van der Waals surface area contributed by atoms with Crippen LogP contribution in [0, 0.1) is 0 Å². The van der Waals surface area contributed by atoms with E-state index < -0.39 is 0 Å². The van der Waals surface area contributed by atoms with Crippen molar-refractivity contribution < 1.29 is 0 Å². The number of fused-ring (bicyclic) bond motifs is 12. The van der Waals surface area contributed by atoms with Gasteiger partial charge >= 0.3 is 0 Å². The predicted octanol–water partition coefficient (Wildman–Crippen LogP) is 11.7. The fraction of sp³-hybridized carbons (Fsp3) is 0.0625. The maximum Gasteiger partial charge on any atom is 0.238 e. The molecule has 0 bridgehead atoms. The number of nitrogens with zero attached hydrogens (tertiary/aromatic N) is 5. The van der Waals surface area contributed by atoms with Crippen LogP contribution in [0.4, 0.5) is 0 Å². The summed E-state index contributed by atoms with van der Waals surface area (Å²) in [5.74, 6) is 1.87. The number of hydrogen-bond acceptors (Lipinski definition) is 3. The Morgan fingerprint density at radius 1 is 0.453 bits per heavy atom. The van der Waals surface area contributed by atoms with E-state index in [0.29, 0.717) is 17.6 Å². The first-order valence-corrected chi connectivity index (χ1v) is 18.1. The van der Waals surface area contributed by atoms with Crippen molar-refractivity contribution in [3.8, 4) is 45.5 Å². The summed E-state index contributed by atoms with van der Waals surface area (Å²) in [6.07, 6.45) is 0. The standard InChI is InChI=1S/C48H33N5/c1-48(2)36-27-15-12-24-33(36)39-40-34-25-13-16-28-37(34)52(32-22-10-5-11-23-32)43(40)41-35-26-14-17-29-38(35)53(44(41)42(39)48)47-50-45(30-18-6-3-7-19-30)49-46(51-47)31-20-8-4-9-21-31/h3-29H,1-2H3. The molecule has 0 N–H and O–H groups in total. The molecule has 0 fully saturated rings. The van der Waals surface area contributed by atoms with Crippen LogP contribution in [-0.4, -0.2) is 24.1 Å². The Balaban J connectivity index is 1.40. The largest absolute Gasteiger partial charge is 0.309 e. The zero-order valence-electron chi connectivity index (χ0n) is 29.3. The highest BCUT2D eigenvalue weighted by Crippen LogP contribution is 2.58. The Hall–Kier alpha value is -6.85. The highest BCUT2D eigenvalue weighted by Gasteiger charge is 2.42. The van der Waals surface area contributed by atoms with Crippen molar-refractivity contribution in [1.29, 1.82) is 0 Å². The van der Waals surface area contributed by atoms with Gasteiger partial charge in [-0.3, -0.25) is 4.57 Å². The normalized spacial score (nSPS) is 13.2. The molecule has 7 aromatic carbocycles. The van der Waals surface area contributed by atoms with E-state index >= 15 is 0 Å². The molecule has 0 saturated carbocycles. The van der Waals surface area contributed by atoms with E-state index in [2.05, 4.69) is 150 Å². The molecule has 1 aliphatic rings. The van der Waals surface area contributed by atoms with Gasteiger partial charge in [-0.15, -0.1) is 0 Å². The van der Waals surface area contributed by atoms with E-state index in [1.807, 2.05) is 36.4 Å². The summed E-state index contributed by atoms with van der Waals surface area (Å²) in [5, 5.41) is 4.87. The highest BCUT2D eigenvalue weighted by molar-refractivity contribution is 6.32. The molecule has 0 spiro atoms. The monoisotopic (exact) mass is 679 g/mol. The van der Waals surface area contributed by atoms with Gasteiger partial charge in [0.1, 0.15) is 0 Å². The lowest BCUT2D eigenvalue weighted by Crippen LogP contribution is -2.17. The molecule has 5 heteroatoms. The minimum atomic E-state index is -0.321. The van der Waals surface area contributed by atoms with E-state index in [1.54, 1.807) is 0 Å². The van der Waals surface area contributed by atoms with Gasteiger partial charge in [-0.25, -0.2) is 4.98 Å². The summed E-state index contributed by atoms with van der Waals surface area (Å²) in [6, 6.07) is 57.8. The Labute approximate surface area is 306 Å². The van der Waals surface area contributed by atoms with E-state index in [4.69, 9.17) is 15.0 Å². The average Bonchev–Trinajstić information content (AvgIpc) is 3.82. The minimum absolute atomic E-state index is 0.321. The molecule has 10 aromatic rings. The van der Waals surface area contributed by atoms with Gasteiger partial charge in [-0.2, -0.15) is 9.97 Å². The maximum atomic E-state index is 5.33. The number of aromatic nitrogens is 5. The van der Waals surface area contributed by atoms with Crippen molar-refractivity contribution in [3.05, 3.63) is 175 Å². The van der Waals surface area contributed by atoms with Crippen molar-refractivity contribution in [2.24, 2.45) is 0 Å². The van der Waals surface area contributed by atoms with Crippen molar-refractivity contribution in [1.82, 2.24) is 24.1 Å². The molecular weight excluding hydrogens is 647 g/mol. The molecule has 0 saturated heterocycles. The molecule has 3 heterocycles. The van der Waals surface area contributed by atoms with Gasteiger partial charge in [-0.05, 0) is 46.5 Å². The molecule has 0 amide bonds. The molecule has 53 heavy (non-hydrogen) atoms. The van der Waals surface area contributed by atoms with Crippen LogP contribution in [0.25, 0.3) is 89.2 Å². The zero-order chi connectivity index (χ0) is 35.3. The molecule has 3 aromatic heterocycles. The molecular formula is C48H33N5. The van der Waals surface area contributed by atoms with E-state index in [-0.39, 0.29) is 5.41 Å². The molecule has 0 aliphatic heterocycles. The van der Waals surface area contributed by atoms with Gasteiger partial charge in [0.15, 0.2) is 11.6 Å². The van der Waals surface area contributed by atoms with Crippen LogP contribution < -0.4 is 0 Å². The van der Waals surface area contributed by atoms with Crippen molar-refractivity contribution in [3.63, 3.8) is 0 Å². The second-order valence-corrected chi connectivity index (χ2v) is 14.4. The number of para-hydroxylation sites is 3. The third-order valence-electron chi connectivity index (χ3n) is 11.1. The predicted molar refractivity (Wildman–Crippen MR) is 217 cm³/mol. The van der Waals surface area contributed by atoms with E-state index in [9.17, 15) is 0 Å². The van der Waals surface area contributed by atoms with Crippen LogP contribution in [0.15, 0.2) is 164 Å². The molecule has 0 atom stereocenters. The third kappa shape index (κ3) is 4.16. The average molecular weight is 680 g/mol. The van der Waals surface area contributed by atoms with E-state index in [0.717, 1.165) is 33.2 Å². The van der Waals surface area contributed by atoms with Gasteiger partial charge in [0.05, 0.1) is 22.1 Å². The van der Waals surface area contributed by atoms with Crippen LogP contribution in [0.1, 0.15) is 25.0 Å². The Morgan fingerprint density at radius 2 is 0.962 bits per heavy atom. The van der Waals surface area contributed by atoms with Gasteiger partial charge in [-0.1, -0.05) is 153 Å². The zero-order valence-corrected chi connectivity index (χ0v) is 29.3. The number of hydrogen-bond donors (Lipinski definition) is 0. The van der Waals surface area contributed by atoms with Crippen LogP contribution in [0.3, 0.4) is 0 Å². The van der Waals surface area contributed by atoms with Crippen LogP contribution in [0.5, 0.6) is 0 Å². The first-order chi connectivity index (χ1) is 26.1. The first-order valence-electron chi connectivity index (χ1n) is 18.1. The highest BCUT2D eigenvalue weighted by atomic mass is 15.2. The minimum Gasteiger partial charge on any atom is -0.309 e. The second kappa shape index (κ2) is 11.1. The fourth-order valence-electron chi connectivity index (χ4n) is 8.90. The lowest BCUT2D eigenvalue weighted by Gasteiger charge is -2.24. The first kappa shape index (κ1) is 29.8. The maximum absolute atomic E-state index is 5.33. The lowest BCUT2D eigenvalue weighted by atomic mass is 9.81. The lowest BCUT2D eigenvalue weighted by molar-refractivity contribution is 0.663. The second-order valence-electron chi connectivity index (χ2n) is 14.4. The van der Waals surface area contributed by atoms with Gasteiger partial charge in [0.25, 0.3) is 0 Å². The van der Waals surface area contributed by atoms with Gasteiger partial charge in [0, 0.05) is 43.8 Å². The summed E-state index contributed by atoms with van der Waals surface area (Å²) in [6.45, 7) is 4.75. The summed E-state index contributed by atoms with van der Waals surface area (Å²) >= 11 is 0. The van der Waals surface area contributed by atoms with E-state index in [1.165, 1.54) is 49.4 Å². The Kier molecular flexibility index (Phi) is 6.23. The van der Waals surface area contributed by atoms with Crippen molar-refractivity contribution >= 4 is 43.6 Å². The summed E-state index contributed by atoms with van der Waals surface area (Å²) in [5.41, 5.74) is 12.4. The molecule has 11 rings (SSSR count). The van der Waals surface area contributed by atoms with Gasteiger partial charge in [0.2, 0.25) is 5.95 Å². The van der Waals surface area contributed by atoms with Crippen molar-refractivity contribution in [2.75, 3.05) is 0 Å². The SMILES string of the molecule is CC1(C)c2ccccc2-c2c1c1c(c3ccccc3n1-c1nc(-c3ccccc3)nc(-c3ccccc3)n1)c1c2c2ccccc2n1-c1ccccc1. The topological polar surface area (TPSA) is 48.5 Å². The van der Waals surface area contributed by atoms with Gasteiger partial charge < -0.3 is 4.57 Å². The summed E-state index contributed by atoms with van der Waals surface area (Å²) in [7, 11) is 0. The van der Waals surface area contributed by atoms with Crippen LogP contribution in [0.2, 0.25) is 0 Å². The quantitative estimate of drug-likeness (QED) is 0.186. The number of rotatable bonds is 4. The summed E-state index contributed by atoms with van der Waals surface area (Å²) in [4.78, 5) is 15.7. The Bertz CT molecular complexity index is 3010. The Morgan fingerprint density at radius 3 is 1.60 bits per heavy atom. The molecule has 0 radical (unpaired) electrons. The molecule has 1 aliphatic carbocycles. The van der Waals surface area contributed by atoms with Crippen LogP contribution >= 0.6 is 0 Å². The smallest absolute Gasteiger partial charge is 0.238 e. The molecule has 250 valence electrons. The molecule has 0 unspecified atom stereocenters. The molecule has 5 nitrogen and oxygen atoms in total. The third-order valence-corrected chi connectivity index (χ3v) is 11.1. The fourth-order valence-corrected chi connectivity index (χ4v) is 8.90. The summed E-state index contributed by atoms with van der Waals surface area (Å²) < 4.78 is 4.79. The van der Waals surface area contributed by atoms with Crippen LogP contribution in [-0.2, 0) is 5.41 Å².